The topological polar surface area (TPSA) is 36.9 Å². The van der Waals surface area contributed by atoms with Gasteiger partial charge in [0.25, 0.3) is 0 Å². The Hall–Kier alpha value is -1.78. The van der Waals surface area contributed by atoms with Gasteiger partial charge < -0.3 is 18.8 Å². The van der Waals surface area contributed by atoms with Crippen LogP contribution in [0.3, 0.4) is 0 Å². The summed E-state index contributed by atoms with van der Waals surface area (Å²) in [7, 11) is 4.37. The van der Waals surface area contributed by atoms with Gasteiger partial charge in [-0.25, -0.2) is 0 Å². The quantitative estimate of drug-likeness (QED) is 0.465. The number of methoxy groups -OCH3 is 1. The molecule has 1 aliphatic heterocycles. The van der Waals surface area contributed by atoms with Crippen molar-refractivity contribution in [2.75, 3.05) is 13.9 Å². The third kappa shape index (κ3) is 3.65. The number of aryl methyl sites for hydroxylation is 1. The zero-order valence-electron chi connectivity index (χ0n) is 16.7. The molecule has 0 unspecified atom stereocenters. The number of rotatable bonds is 4. The summed E-state index contributed by atoms with van der Waals surface area (Å²) in [6, 6.07) is 8.07. The molecule has 0 N–H and O–H groups in total. The van der Waals surface area contributed by atoms with Crippen molar-refractivity contribution >= 4 is 33.6 Å². The van der Waals surface area contributed by atoms with Gasteiger partial charge in [-0.2, -0.15) is 0 Å². The van der Waals surface area contributed by atoms with Gasteiger partial charge in [0.15, 0.2) is 6.79 Å². The smallest absolute Gasteiger partial charge is 0.468 e. The molecule has 139 valence electrons. The number of hydrogen-bond donors (Lipinski definition) is 0. The monoisotopic (exact) mass is 379 g/mol. The van der Waals surface area contributed by atoms with E-state index in [2.05, 4.69) is 40.8 Å². The molecule has 2 aromatic rings. The van der Waals surface area contributed by atoms with Crippen LogP contribution >= 0.6 is 0 Å². The number of fused-ring (bicyclic) bond motifs is 1. The maximum Gasteiger partial charge on any atom is 0.495 e. The Morgan fingerprint density at radius 2 is 1.78 bits per heavy atom. The van der Waals surface area contributed by atoms with Crippen molar-refractivity contribution < 1.29 is 18.8 Å². The lowest BCUT2D eigenvalue weighted by atomic mass is 9.74. The van der Waals surface area contributed by atoms with Crippen LogP contribution < -0.4 is 10.2 Å². The highest BCUT2D eigenvalue weighted by Gasteiger charge is 2.52. The van der Waals surface area contributed by atoms with E-state index in [1.807, 2.05) is 39.8 Å². The molecule has 0 aromatic heterocycles. The van der Waals surface area contributed by atoms with Crippen molar-refractivity contribution in [3.05, 3.63) is 35.4 Å². The van der Waals surface area contributed by atoms with Gasteiger partial charge in [-0.15, -0.1) is 5.54 Å². The van der Waals surface area contributed by atoms with Crippen molar-refractivity contribution in [3.8, 4) is 17.2 Å². The SMILES string of the molecule is COCOc1cc(B2OC(C)(C)C(C)(C)O2)c2c(C#C[Si])c(C)ccc2c1. The molecule has 0 spiro atoms. The second-order valence-corrected chi connectivity index (χ2v) is 8.01. The number of benzene rings is 2. The van der Waals surface area contributed by atoms with Gasteiger partial charge in [0, 0.05) is 12.7 Å². The van der Waals surface area contributed by atoms with Gasteiger partial charge in [0.1, 0.15) is 16.0 Å². The summed E-state index contributed by atoms with van der Waals surface area (Å²) in [6.45, 7) is 10.4. The van der Waals surface area contributed by atoms with Gasteiger partial charge in [-0.3, -0.25) is 0 Å². The van der Waals surface area contributed by atoms with Crippen molar-refractivity contribution in [1.82, 2.24) is 0 Å². The van der Waals surface area contributed by atoms with E-state index in [4.69, 9.17) is 18.8 Å². The minimum atomic E-state index is -0.513. The lowest BCUT2D eigenvalue weighted by molar-refractivity contribution is 0.00578. The summed E-state index contributed by atoms with van der Waals surface area (Å²) in [4.78, 5) is 0. The zero-order valence-corrected chi connectivity index (χ0v) is 17.7. The average molecular weight is 379 g/mol. The van der Waals surface area contributed by atoms with Crippen LogP contribution in [0.1, 0.15) is 38.8 Å². The zero-order chi connectivity index (χ0) is 19.8. The summed E-state index contributed by atoms with van der Waals surface area (Å²) in [5.41, 5.74) is 4.93. The Morgan fingerprint density at radius 3 is 2.37 bits per heavy atom. The third-order valence-corrected chi connectivity index (χ3v) is 5.49. The highest BCUT2D eigenvalue weighted by molar-refractivity contribution is 6.65. The Bertz CT molecular complexity index is 911. The van der Waals surface area contributed by atoms with Gasteiger partial charge in [0.05, 0.1) is 11.2 Å². The van der Waals surface area contributed by atoms with E-state index in [0.717, 1.165) is 27.4 Å². The van der Waals surface area contributed by atoms with Crippen LogP contribution in [0, 0.1) is 18.4 Å². The number of ether oxygens (including phenoxy) is 2. The molecule has 0 saturated carbocycles. The molecule has 6 heteroatoms. The van der Waals surface area contributed by atoms with E-state index < -0.39 is 18.3 Å². The molecule has 1 saturated heterocycles. The van der Waals surface area contributed by atoms with E-state index >= 15 is 0 Å². The second kappa shape index (κ2) is 7.33. The molecular formula is C21H24BO4Si. The predicted molar refractivity (Wildman–Crippen MR) is 110 cm³/mol. The molecule has 0 bridgehead atoms. The molecule has 0 aliphatic carbocycles. The first-order valence-electron chi connectivity index (χ1n) is 8.92. The van der Waals surface area contributed by atoms with Crippen LogP contribution in [0.5, 0.6) is 5.75 Å². The molecule has 1 aliphatic rings. The standard InChI is InChI=1S/C21H24BO4Si/c1-14-7-8-15-11-16(24-13-23-6)12-18(19(15)17(14)9-10-27)22-25-20(2,3)21(4,5)26-22/h7-8,11-12H,13H2,1-6H3. The van der Waals surface area contributed by atoms with Crippen LogP contribution in [0.2, 0.25) is 0 Å². The fourth-order valence-electron chi connectivity index (χ4n) is 3.16. The third-order valence-electron chi connectivity index (χ3n) is 5.37. The van der Waals surface area contributed by atoms with Crippen LogP contribution in [0.25, 0.3) is 10.8 Å². The summed E-state index contributed by atoms with van der Waals surface area (Å²) < 4.78 is 23.4. The van der Waals surface area contributed by atoms with Crippen LogP contribution in [0.4, 0.5) is 0 Å². The van der Waals surface area contributed by atoms with Gasteiger partial charge in [0.2, 0.25) is 0 Å². The molecule has 1 heterocycles. The predicted octanol–water partition coefficient (Wildman–Crippen LogP) is 2.91. The van der Waals surface area contributed by atoms with Crippen LogP contribution in [0.15, 0.2) is 24.3 Å². The summed E-state index contributed by atoms with van der Waals surface area (Å²) in [5, 5.41) is 2.03. The molecule has 27 heavy (non-hydrogen) atoms. The van der Waals surface area contributed by atoms with E-state index in [9.17, 15) is 0 Å². The van der Waals surface area contributed by atoms with Gasteiger partial charge >= 0.3 is 7.12 Å². The Morgan fingerprint density at radius 1 is 1.11 bits per heavy atom. The Kier molecular flexibility index (Phi) is 5.42. The highest BCUT2D eigenvalue weighted by Crippen LogP contribution is 2.38. The van der Waals surface area contributed by atoms with Gasteiger partial charge in [-0.1, -0.05) is 18.1 Å². The summed E-state index contributed by atoms with van der Waals surface area (Å²) >= 11 is 0. The molecule has 3 rings (SSSR count). The molecule has 2 aromatic carbocycles. The molecule has 4 nitrogen and oxygen atoms in total. The first-order valence-corrected chi connectivity index (χ1v) is 9.42. The summed E-state index contributed by atoms with van der Waals surface area (Å²) in [5.74, 6) is 3.88. The van der Waals surface area contributed by atoms with Crippen molar-refractivity contribution in [2.24, 2.45) is 0 Å². The summed E-state index contributed by atoms with van der Waals surface area (Å²) in [6.07, 6.45) is 0. The van der Waals surface area contributed by atoms with E-state index in [1.54, 1.807) is 7.11 Å². The lowest BCUT2D eigenvalue weighted by Gasteiger charge is -2.32. The minimum absolute atomic E-state index is 0.175. The van der Waals surface area contributed by atoms with Crippen molar-refractivity contribution in [3.63, 3.8) is 0 Å². The second-order valence-electron chi connectivity index (χ2n) is 7.76. The molecule has 0 atom stereocenters. The largest absolute Gasteiger partial charge is 0.495 e. The van der Waals surface area contributed by atoms with Gasteiger partial charge in [-0.05, 0) is 68.6 Å². The Balaban J connectivity index is 2.24. The molecular weight excluding hydrogens is 355 g/mol. The maximum absolute atomic E-state index is 6.32. The van der Waals surface area contributed by atoms with Crippen molar-refractivity contribution in [2.45, 2.75) is 45.8 Å². The molecule has 1 fully saturated rings. The molecule has 3 radical (unpaired) electrons. The fraction of sp³-hybridized carbons (Fsp3) is 0.429. The minimum Gasteiger partial charge on any atom is -0.468 e. The average Bonchev–Trinajstić information content (AvgIpc) is 2.82. The van der Waals surface area contributed by atoms with E-state index in [1.165, 1.54) is 0 Å². The first-order chi connectivity index (χ1) is 12.7. The first kappa shape index (κ1) is 20.0. The van der Waals surface area contributed by atoms with Crippen LogP contribution in [-0.4, -0.2) is 42.5 Å². The Labute approximate surface area is 165 Å². The maximum atomic E-state index is 6.32. The van der Waals surface area contributed by atoms with Crippen molar-refractivity contribution in [1.29, 1.82) is 0 Å². The number of hydrogen-bond acceptors (Lipinski definition) is 4. The van der Waals surface area contributed by atoms with E-state index in [-0.39, 0.29) is 6.79 Å². The molecule has 0 amide bonds. The van der Waals surface area contributed by atoms with E-state index in [0.29, 0.717) is 5.75 Å². The normalized spacial score (nSPS) is 17.7. The van der Waals surface area contributed by atoms with Crippen LogP contribution in [-0.2, 0) is 14.0 Å². The highest BCUT2D eigenvalue weighted by atomic mass is 28.1. The fourth-order valence-corrected chi connectivity index (χ4v) is 3.29. The lowest BCUT2D eigenvalue weighted by Crippen LogP contribution is -2.41.